The molecule has 0 aromatic carbocycles. The van der Waals surface area contributed by atoms with Crippen molar-refractivity contribution in [2.75, 3.05) is 11.5 Å². The zero-order chi connectivity index (χ0) is 11.2. The van der Waals surface area contributed by atoms with Crippen molar-refractivity contribution in [3.05, 3.63) is 0 Å². The van der Waals surface area contributed by atoms with Gasteiger partial charge in [-0.05, 0) is 0 Å². The van der Waals surface area contributed by atoms with E-state index >= 15 is 0 Å². The molecule has 0 aromatic heterocycles. The standard InChI is InChI=1S/C8H21O3PS2/c1-7(2)5-14(6-8(3)4)12(9,10,11)13-14/h7-11H,5-6H2,1-4H3. The van der Waals surface area contributed by atoms with E-state index in [1.807, 2.05) is 0 Å². The van der Waals surface area contributed by atoms with Gasteiger partial charge in [-0.2, -0.15) is 0 Å². The first-order valence-corrected chi connectivity index (χ1v) is 11.4. The van der Waals surface area contributed by atoms with Gasteiger partial charge in [0.25, 0.3) is 0 Å². The zero-order valence-electron chi connectivity index (χ0n) is 9.17. The average Bonchev–Trinajstić information content (AvgIpc) is 2.19. The van der Waals surface area contributed by atoms with Crippen LogP contribution in [0.2, 0.25) is 0 Å². The number of hydrogen-bond acceptors (Lipinski definition) is 4. The van der Waals surface area contributed by atoms with Crippen LogP contribution in [0.5, 0.6) is 0 Å². The van der Waals surface area contributed by atoms with Gasteiger partial charge in [0.15, 0.2) is 0 Å². The molecule has 0 bridgehead atoms. The summed E-state index contributed by atoms with van der Waals surface area (Å²) in [5.74, 6) is 2.34. The molecular formula is C8H21O3PS2. The molecule has 1 heterocycles. The maximum absolute atomic E-state index is 9.75. The van der Waals surface area contributed by atoms with Crippen molar-refractivity contribution in [1.29, 1.82) is 0 Å². The Balaban J connectivity index is 2.76. The van der Waals surface area contributed by atoms with Gasteiger partial charge >= 0.3 is 90.5 Å². The van der Waals surface area contributed by atoms with Crippen molar-refractivity contribution in [3.63, 3.8) is 0 Å². The van der Waals surface area contributed by atoms with E-state index in [2.05, 4.69) is 27.7 Å². The minimum atomic E-state index is -4.23. The Bertz CT molecular complexity index is 224. The molecule has 1 rings (SSSR count). The van der Waals surface area contributed by atoms with Gasteiger partial charge in [-0.25, -0.2) is 0 Å². The molecular weight excluding hydrogens is 239 g/mol. The molecule has 1 aliphatic rings. The Hall–Kier alpha value is 1.01. The molecule has 0 spiro atoms. The van der Waals surface area contributed by atoms with Gasteiger partial charge in [0.1, 0.15) is 0 Å². The molecule has 0 saturated carbocycles. The fraction of sp³-hybridized carbons (Fsp3) is 1.00. The Morgan fingerprint density at radius 3 is 1.43 bits per heavy atom. The topological polar surface area (TPSA) is 60.7 Å². The molecule has 3 nitrogen and oxygen atoms in total. The normalized spacial score (nSPS) is 32.2. The summed E-state index contributed by atoms with van der Waals surface area (Å²) in [5, 5.41) is 0. The molecule has 0 unspecified atom stereocenters. The predicted molar refractivity (Wildman–Crippen MR) is 68.2 cm³/mol. The Morgan fingerprint density at radius 1 is 1.00 bits per heavy atom. The Kier molecular flexibility index (Phi) is 3.27. The van der Waals surface area contributed by atoms with Gasteiger partial charge in [0, 0.05) is 0 Å². The second-order valence-corrected chi connectivity index (χ2v) is 20.1. The van der Waals surface area contributed by atoms with E-state index in [-0.39, 0.29) is 0 Å². The van der Waals surface area contributed by atoms with Crippen LogP contribution in [0.4, 0.5) is 0 Å². The van der Waals surface area contributed by atoms with Crippen LogP contribution in [-0.4, -0.2) is 26.2 Å². The summed E-state index contributed by atoms with van der Waals surface area (Å²) in [7, 11) is -0.513. The summed E-state index contributed by atoms with van der Waals surface area (Å²) < 4.78 is 0. The van der Waals surface area contributed by atoms with Crippen LogP contribution in [0, 0.1) is 11.8 Å². The summed E-state index contributed by atoms with van der Waals surface area (Å²) in [6.45, 7) is 8.22. The maximum atomic E-state index is 9.75. The molecule has 1 fully saturated rings. The fourth-order valence-corrected chi connectivity index (χ4v) is 22.8. The third-order valence-electron chi connectivity index (χ3n) is 2.02. The second kappa shape index (κ2) is 3.51. The first-order valence-electron chi connectivity index (χ1n) is 4.84. The Labute approximate surface area is 90.7 Å². The summed E-state index contributed by atoms with van der Waals surface area (Å²) in [5.41, 5.74) is -4.23. The first kappa shape index (κ1) is 13.1. The monoisotopic (exact) mass is 260 g/mol. The molecule has 0 amide bonds. The number of rotatable bonds is 4. The minimum absolute atomic E-state index is 0.409. The van der Waals surface area contributed by atoms with E-state index in [0.29, 0.717) is 11.8 Å². The van der Waals surface area contributed by atoms with Crippen LogP contribution in [0.25, 0.3) is 0 Å². The van der Waals surface area contributed by atoms with Gasteiger partial charge in [0.2, 0.25) is 0 Å². The van der Waals surface area contributed by atoms with Crippen LogP contribution >= 0.6 is 24.8 Å². The van der Waals surface area contributed by atoms with Gasteiger partial charge in [0.05, 0.1) is 0 Å². The summed E-state index contributed by atoms with van der Waals surface area (Å²) >= 11 is 0. The third kappa shape index (κ3) is 2.39. The van der Waals surface area contributed by atoms with E-state index in [4.69, 9.17) is 0 Å². The van der Waals surface area contributed by atoms with E-state index in [9.17, 15) is 14.7 Å². The molecule has 1 aliphatic heterocycles. The molecule has 1 saturated heterocycles. The van der Waals surface area contributed by atoms with Crippen LogP contribution in [0.3, 0.4) is 0 Å². The molecule has 14 heavy (non-hydrogen) atoms. The van der Waals surface area contributed by atoms with E-state index in [1.165, 1.54) is 0 Å². The quantitative estimate of drug-likeness (QED) is 0.413. The molecule has 0 radical (unpaired) electrons. The average molecular weight is 260 g/mol. The van der Waals surface area contributed by atoms with Crippen LogP contribution in [-0.2, 0) is 0 Å². The van der Waals surface area contributed by atoms with Gasteiger partial charge in [-0.15, -0.1) is 0 Å². The molecule has 88 valence electrons. The van der Waals surface area contributed by atoms with Gasteiger partial charge in [-0.1, -0.05) is 0 Å². The van der Waals surface area contributed by atoms with Crippen LogP contribution in [0.15, 0.2) is 0 Å². The van der Waals surface area contributed by atoms with Gasteiger partial charge in [-0.3, -0.25) is 0 Å². The third-order valence-corrected chi connectivity index (χ3v) is 21.5. The predicted octanol–water partition coefficient (Wildman–Crippen LogP) is 2.87. The summed E-state index contributed by atoms with van der Waals surface area (Å²) in [6.07, 6.45) is 0. The summed E-state index contributed by atoms with van der Waals surface area (Å²) in [6, 6.07) is 0. The van der Waals surface area contributed by atoms with Crippen molar-refractivity contribution in [2.24, 2.45) is 11.8 Å². The van der Waals surface area contributed by atoms with E-state index in [1.54, 1.807) is 0 Å². The van der Waals surface area contributed by atoms with Crippen LogP contribution < -0.4 is 0 Å². The molecule has 3 N–H and O–H groups in total. The molecule has 0 aliphatic carbocycles. The van der Waals surface area contributed by atoms with E-state index < -0.39 is 14.4 Å². The van der Waals surface area contributed by atoms with Crippen molar-refractivity contribution in [3.8, 4) is 0 Å². The van der Waals surface area contributed by atoms with Crippen molar-refractivity contribution in [1.82, 2.24) is 0 Å². The van der Waals surface area contributed by atoms with Crippen molar-refractivity contribution in [2.45, 2.75) is 27.7 Å². The van der Waals surface area contributed by atoms with Crippen molar-refractivity contribution < 1.29 is 14.7 Å². The first-order chi connectivity index (χ1) is 6.07. The second-order valence-electron chi connectivity index (χ2n) is 4.80. The molecule has 0 atom stereocenters. The molecule has 6 heteroatoms. The summed E-state index contributed by atoms with van der Waals surface area (Å²) in [4.78, 5) is 29.2. The van der Waals surface area contributed by atoms with E-state index in [0.717, 1.165) is 21.9 Å². The SMILES string of the molecule is CC(C)CS1(CC(C)C)SP1(O)(O)O. The van der Waals surface area contributed by atoms with Crippen molar-refractivity contribution >= 4 is 24.8 Å². The Morgan fingerprint density at radius 2 is 1.29 bits per heavy atom. The molecule has 0 aromatic rings. The van der Waals surface area contributed by atoms with Crippen LogP contribution in [0.1, 0.15) is 27.7 Å². The number of hydrogen-bond donors (Lipinski definition) is 3. The fourth-order valence-electron chi connectivity index (χ4n) is 1.66. The zero-order valence-corrected chi connectivity index (χ0v) is 11.7. The van der Waals surface area contributed by atoms with Gasteiger partial charge < -0.3 is 0 Å².